The lowest BCUT2D eigenvalue weighted by atomic mass is 10.1. The lowest BCUT2D eigenvalue weighted by molar-refractivity contribution is 0.0643. The second kappa shape index (κ2) is 5.87. The second-order valence-corrected chi connectivity index (χ2v) is 5.63. The molecule has 1 fully saturated rings. The topological polar surface area (TPSA) is 70.8 Å². The van der Waals surface area contributed by atoms with E-state index in [1.807, 2.05) is 6.92 Å². The molecule has 1 aromatic heterocycles. The Kier molecular flexibility index (Phi) is 3.90. The van der Waals surface area contributed by atoms with E-state index in [0.29, 0.717) is 5.76 Å². The minimum absolute atomic E-state index is 0.0566. The summed E-state index contributed by atoms with van der Waals surface area (Å²) in [6.45, 7) is 1.83. The highest BCUT2D eigenvalue weighted by molar-refractivity contribution is 5.96. The first kappa shape index (κ1) is 15.3. The van der Waals surface area contributed by atoms with Gasteiger partial charge in [-0.15, -0.1) is 0 Å². The Labute approximate surface area is 132 Å². The van der Waals surface area contributed by atoms with Crippen LogP contribution in [0.15, 0.2) is 41.0 Å². The van der Waals surface area contributed by atoms with E-state index >= 15 is 0 Å². The van der Waals surface area contributed by atoms with Gasteiger partial charge in [-0.1, -0.05) is 0 Å². The van der Waals surface area contributed by atoms with Gasteiger partial charge in [0.05, 0.1) is 23.4 Å². The van der Waals surface area contributed by atoms with Crippen molar-refractivity contribution >= 4 is 11.9 Å². The summed E-state index contributed by atoms with van der Waals surface area (Å²) in [7, 11) is 0. The summed E-state index contributed by atoms with van der Waals surface area (Å²) in [4.78, 5) is 25.2. The molecule has 120 valence electrons. The van der Waals surface area contributed by atoms with Crippen LogP contribution in [0.2, 0.25) is 0 Å². The molecule has 5 nitrogen and oxygen atoms in total. The van der Waals surface area contributed by atoms with Gasteiger partial charge in [0.15, 0.2) is 0 Å². The van der Waals surface area contributed by atoms with Gasteiger partial charge in [0.25, 0.3) is 5.91 Å². The van der Waals surface area contributed by atoms with E-state index in [4.69, 9.17) is 9.52 Å². The van der Waals surface area contributed by atoms with E-state index in [0.717, 1.165) is 18.9 Å². The van der Waals surface area contributed by atoms with Gasteiger partial charge in [-0.25, -0.2) is 9.18 Å². The van der Waals surface area contributed by atoms with Crippen LogP contribution in [0.3, 0.4) is 0 Å². The molecule has 1 amide bonds. The zero-order chi connectivity index (χ0) is 16.6. The van der Waals surface area contributed by atoms with Gasteiger partial charge >= 0.3 is 5.97 Å². The Hall–Kier alpha value is -2.63. The molecule has 1 aliphatic carbocycles. The molecule has 1 heterocycles. The maximum atomic E-state index is 14.2. The van der Waals surface area contributed by atoms with Crippen molar-refractivity contribution in [1.82, 2.24) is 4.90 Å². The normalized spacial score (nSPS) is 15.2. The standard InChI is InChI=1S/C17H16FNO4/c1-10(15-3-2-8-23-15)19(12-5-6-12)16(20)13-7-4-11(17(21)22)9-14(13)18/h2-4,7-10,12H,5-6H2,1H3,(H,21,22). The molecule has 0 radical (unpaired) electrons. The number of rotatable bonds is 5. The van der Waals surface area contributed by atoms with Gasteiger partial charge in [0, 0.05) is 6.04 Å². The van der Waals surface area contributed by atoms with Gasteiger partial charge < -0.3 is 14.4 Å². The van der Waals surface area contributed by atoms with Crippen molar-refractivity contribution in [2.24, 2.45) is 0 Å². The molecule has 0 bridgehead atoms. The molecule has 0 spiro atoms. The third kappa shape index (κ3) is 2.97. The third-order valence-corrected chi connectivity index (χ3v) is 3.99. The van der Waals surface area contributed by atoms with E-state index < -0.39 is 17.7 Å². The molecule has 3 rings (SSSR count). The zero-order valence-corrected chi connectivity index (χ0v) is 12.5. The molecule has 1 aromatic carbocycles. The van der Waals surface area contributed by atoms with E-state index in [1.165, 1.54) is 18.4 Å². The van der Waals surface area contributed by atoms with Crippen LogP contribution in [0.5, 0.6) is 0 Å². The highest BCUT2D eigenvalue weighted by atomic mass is 19.1. The summed E-state index contributed by atoms with van der Waals surface area (Å²) in [6.07, 6.45) is 3.26. The first-order valence-electron chi connectivity index (χ1n) is 7.38. The molecule has 1 aliphatic rings. The van der Waals surface area contributed by atoms with Crippen molar-refractivity contribution in [3.63, 3.8) is 0 Å². The number of benzene rings is 1. The summed E-state index contributed by atoms with van der Waals surface area (Å²) in [6, 6.07) is 6.59. The van der Waals surface area contributed by atoms with Gasteiger partial charge in [-0.05, 0) is 50.1 Å². The molecule has 0 saturated heterocycles. The number of carboxylic acid groups (broad SMARTS) is 1. The molecule has 23 heavy (non-hydrogen) atoms. The van der Waals surface area contributed by atoms with E-state index in [-0.39, 0.29) is 23.2 Å². The maximum absolute atomic E-state index is 14.2. The highest BCUT2D eigenvalue weighted by Gasteiger charge is 2.38. The number of furan rings is 1. The summed E-state index contributed by atoms with van der Waals surface area (Å²) in [5.41, 5.74) is -0.309. The van der Waals surface area contributed by atoms with Crippen LogP contribution >= 0.6 is 0 Å². The van der Waals surface area contributed by atoms with E-state index in [1.54, 1.807) is 17.0 Å². The molecular formula is C17H16FNO4. The molecule has 1 saturated carbocycles. The summed E-state index contributed by atoms with van der Waals surface area (Å²) >= 11 is 0. The van der Waals surface area contributed by atoms with Crippen molar-refractivity contribution in [2.75, 3.05) is 0 Å². The number of aromatic carboxylic acids is 1. The predicted octanol–water partition coefficient (Wildman–Crippen LogP) is 3.48. The summed E-state index contributed by atoms with van der Waals surface area (Å²) in [5, 5.41) is 8.88. The average molecular weight is 317 g/mol. The van der Waals surface area contributed by atoms with Crippen LogP contribution in [-0.2, 0) is 0 Å². The van der Waals surface area contributed by atoms with Gasteiger partial charge in [0.2, 0.25) is 0 Å². The lowest BCUT2D eigenvalue weighted by Gasteiger charge is -2.28. The molecule has 1 unspecified atom stereocenters. The average Bonchev–Trinajstić information content (AvgIpc) is 3.19. The minimum atomic E-state index is -1.23. The first-order valence-corrected chi connectivity index (χ1v) is 7.38. The molecule has 1 N–H and O–H groups in total. The number of carbonyl (C=O) groups is 2. The fraction of sp³-hybridized carbons (Fsp3) is 0.294. The fourth-order valence-electron chi connectivity index (χ4n) is 2.64. The Bertz CT molecular complexity index is 737. The monoisotopic (exact) mass is 317 g/mol. The van der Waals surface area contributed by atoms with E-state index in [2.05, 4.69) is 0 Å². The fourth-order valence-corrected chi connectivity index (χ4v) is 2.64. The maximum Gasteiger partial charge on any atom is 0.335 e. The van der Waals surface area contributed by atoms with Crippen LogP contribution < -0.4 is 0 Å². The highest BCUT2D eigenvalue weighted by Crippen LogP contribution is 2.36. The number of amides is 1. The second-order valence-electron chi connectivity index (χ2n) is 5.63. The minimum Gasteiger partial charge on any atom is -0.478 e. The Morgan fingerprint density at radius 1 is 1.35 bits per heavy atom. The quantitative estimate of drug-likeness (QED) is 0.916. The lowest BCUT2D eigenvalue weighted by Crippen LogP contribution is -2.36. The van der Waals surface area contributed by atoms with Crippen LogP contribution in [0.1, 0.15) is 52.3 Å². The molecule has 2 aromatic rings. The summed E-state index contributed by atoms with van der Waals surface area (Å²) < 4.78 is 19.5. The van der Waals surface area contributed by atoms with Gasteiger partial charge in [-0.3, -0.25) is 4.79 Å². The summed E-state index contributed by atoms with van der Waals surface area (Å²) in [5.74, 6) is -1.88. The number of hydrogen-bond donors (Lipinski definition) is 1. The smallest absolute Gasteiger partial charge is 0.335 e. The van der Waals surface area contributed by atoms with Crippen LogP contribution in [-0.4, -0.2) is 27.9 Å². The SMILES string of the molecule is CC(c1ccco1)N(C(=O)c1ccc(C(=O)O)cc1F)C1CC1. The molecule has 6 heteroatoms. The number of halogens is 1. The van der Waals surface area contributed by atoms with E-state index in [9.17, 15) is 14.0 Å². The number of nitrogens with zero attached hydrogens (tertiary/aromatic N) is 1. The van der Waals surface area contributed by atoms with Crippen LogP contribution in [0.25, 0.3) is 0 Å². The van der Waals surface area contributed by atoms with Gasteiger partial charge in [0.1, 0.15) is 11.6 Å². The van der Waals surface area contributed by atoms with Crippen molar-refractivity contribution in [3.8, 4) is 0 Å². The van der Waals surface area contributed by atoms with Crippen molar-refractivity contribution in [3.05, 3.63) is 59.3 Å². The number of carboxylic acids is 1. The van der Waals surface area contributed by atoms with Crippen molar-refractivity contribution in [1.29, 1.82) is 0 Å². The van der Waals surface area contributed by atoms with Crippen LogP contribution in [0.4, 0.5) is 4.39 Å². The largest absolute Gasteiger partial charge is 0.478 e. The first-order chi connectivity index (χ1) is 11.0. The molecular weight excluding hydrogens is 301 g/mol. The van der Waals surface area contributed by atoms with Gasteiger partial charge in [-0.2, -0.15) is 0 Å². The van der Waals surface area contributed by atoms with Crippen LogP contribution in [0, 0.1) is 5.82 Å². The molecule has 1 atom stereocenters. The third-order valence-electron chi connectivity index (χ3n) is 3.99. The number of carbonyl (C=O) groups excluding carboxylic acids is 1. The Morgan fingerprint density at radius 3 is 2.61 bits per heavy atom. The molecule has 0 aliphatic heterocycles. The zero-order valence-electron chi connectivity index (χ0n) is 12.5. The Morgan fingerprint density at radius 2 is 2.09 bits per heavy atom. The van der Waals surface area contributed by atoms with Crippen molar-refractivity contribution < 1.29 is 23.5 Å². The van der Waals surface area contributed by atoms with Crippen molar-refractivity contribution in [2.45, 2.75) is 31.8 Å². The predicted molar refractivity (Wildman–Crippen MR) is 79.7 cm³/mol. The Balaban J connectivity index is 1.91. The number of hydrogen-bond acceptors (Lipinski definition) is 3.